The monoisotopic (exact) mass is 509 g/mol. The fourth-order valence-electron chi connectivity index (χ4n) is 4.08. The predicted octanol–water partition coefficient (Wildman–Crippen LogP) is 4.86. The number of halogens is 6. The van der Waals surface area contributed by atoms with Crippen LogP contribution in [0.2, 0.25) is 0 Å². The highest BCUT2D eigenvalue weighted by molar-refractivity contribution is 5.76. The van der Waals surface area contributed by atoms with Crippen LogP contribution in [-0.2, 0) is 23.9 Å². The van der Waals surface area contributed by atoms with Crippen molar-refractivity contribution in [1.82, 2.24) is 9.97 Å². The van der Waals surface area contributed by atoms with E-state index in [1.54, 1.807) is 24.3 Å². The van der Waals surface area contributed by atoms with E-state index in [1.807, 2.05) is 0 Å². The Hall–Kier alpha value is -3.83. The number of benzene rings is 2. The van der Waals surface area contributed by atoms with E-state index in [4.69, 9.17) is 5.73 Å². The lowest BCUT2D eigenvalue weighted by molar-refractivity contribution is -0.137. The molecular weight excluding hydrogens is 488 g/mol. The molecule has 2 aromatic carbocycles. The summed E-state index contributed by atoms with van der Waals surface area (Å²) >= 11 is 0. The minimum absolute atomic E-state index is 0.0815. The molecule has 0 aliphatic carbocycles. The second-order valence-electron chi connectivity index (χ2n) is 8.50. The van der Waals surface area contributed by atoms with E-state index in [2.05, 4.69) is 15.3 Å². The van der Waals surface area contributed by atoms with E-state index >= 15 is 4.39 Å². The minimum atomic E-state index is -4.57. The Bertz CT molecular complexity index is 1230. The Morgan fingerprint density at radius 3 is 2.31 bits per heavy atom. The summed E-state index contributed by atoms with van der Waals surface area (Å²) in [4.78, 5) is 19.8. The van der Waals surface area contributed by atoms with Gasteiger partial charge in [0.05, 0.1) is 24.6 Å². The summed E-state index contributed by atoms with van der Waals surface area (Å²) in [5.41, 5.74) is 5.88. The highest BCUT2D eigenvalue weighted by atomic mass is 19.4. The number of aromatic nitrogens is 2. The number of primary amides is 1. The van der Waals surface area contributed by atoms with Crippen molar-refractivity contribution in [2.75, 3.05) is 16.8 Å². The third kappa shape index (κ3) is 5.69. The molecule has 0 radical (unpaired) electrons. The summed E-state index contributed by atoms with van der Waals surface area (Å²) in [7, 11) is 0. The van der Waals surface area contributed by atoms with Crippen molar-refractivity contribution in [1.29, 1.82) is 0 Å². The van der Waals surface area contributed by atoms with Gasteiger partial charge in [0.2, 0.25) is 11.7 Å². The Morgan fingerprint density at radius 1 is 1.06 bits per heavy atom. The number of hydrogen-bond acceptors (Lipinski definition) is 5. The summed E-state index contributed by atoms with van der Waals surface area (Å²) in [5.74, 6) is -5.24. The number of nitrogens with zero attached hydrogens (tertiary/aromatic N) is 3. The van der Waals surface area contributed by atoms with Crippen LogP contribution < -0.4 is 16.0 Å². The summed E-state index contributed by atoms with van der Waals surface area (Å²) in [5, 5.41) is 2.80. The number of rotatable bonds is 7. The molecule has 3 aromatic rings. The van der Waals surface area contributed by atoms with Crippen LogP contribution in [0.4, 0.5) is 38.0 Å². The lowest BCUT2D eigenvalue weighted by Gasteiger charge is -2.26. The van der Waals surface area contributed by atoms with Gasteiger partial charge in [0.25, 0.3) is 5.92 Å². The molecule has 6 nitrogen and oxygen atoms in total. The molecule has 1 saturated heterocycles. The number of nitrogens with two attached hydrogens (primary N) is 1. The van der Waals surface area contributed by atoms with Crippen molar-refractivity contribution in [3.05, 3.63) is 82.9 Å². The van der Waals surface area contributed by atoms with Crippen molar-refractivity contribution in [2.45, 2.75) is 37.5 Å². The molecule has 1 unspecified atom stereocenters. The zero-order chi connectivity index (χ0) is 26.1. The summed E-state index contributed by atoms with van der Waals surface area (Å²) < 4.78 is 82.8. The van der Waals surface area contributed by atoms with E-state index < -0.39 is 48.4 Å². The van der Waals surface area contributed by atoms with Gasteiger partial charge in [0, 0.05) is 13.0 Å². The van der Waals surface area contributed by atoms with Crippen LogP contribution >= 0.6 is 0 Å². The molecule has 190 valence electrons. The van der Waals surface area contributed by atoms with Crippen molar-refractivity contribution in [3.8, 4) is 0 Å². The molecule has 1 aliphatic heterocycles. The highest BCUT2D eigenvalue weighted by Gasteiger charge is 2.47. The molecule has 4 rings (SSSR count). The quantitative estimate of drug-likeness (QED) is 0.445. The van der Waals surface area contributed by atoms with Gasteiger partial charge in [-0.1, -0.05) is 36.4 Å². The number of carbonyl (C=O) groups excluding carboxylic acids is 1. The van der Waals surface area contributed by atoms with E-state index in [1.165, 1.54) is 0 Å². The normalized spacial score (nSPS) is 17.3. The smallest absolute Gasteiger partial charge is 0.369 e. The van der Waals surface area contributed by atoms with E-state index in [-0.39, 0.29) is 30.2 Å². The molecule has 1 amide bonds. The van der Waals surface area contributed by atoms with Gasteiger partial charge < -0.3 is 16.0 Å². The fourth-order valence-corrected chi connectivity index (χ4v) is 4.08. The molecule has 1 atom stereocenters. The van der Waals surface area contributed by atoms with Crippen molar-refractivity contribution >= 4 is 17.5 Å². The van der Waals surface area contributed by atoms with Crippen LogP contribution in [-0.4, -0.2) is 28.3 Å². The van der Waals surface area contributed by atoms with Gasteiger partial charge in [0.15, 0.2) is 11.6 Å². The average molecular weight is 509 g/mol. The van der Waals surface area contributed by atoms with Gasteiger partial charge >= 0.3 is 6.18 Å². The number of nitrogens with one attached hydrogen (secondary N) is 1. The van der Waals surface area contributed by atoms with Gasteiger partial charge in [-0.15, -0.1) is 0 Å². The summed E-state index contributed by atoms with van der Waals surface area (Å²) in [6.45, 7) is -0.712. The summed E-state index contributed by atoms with van der Waals surface area (Å²) in [6.07, 6.45) is -4.17. The van der Waals surface area contributed by atoms with Crippen LogP contribution in [0.1, 0.15) is 34.7 Å². The SMILES string of the molecule is NC(=O)Cc1ccc(CNc2ncnc(N3CC(F)(F)CC3c3ccc(C(F)(F)F)cc3)c2F)cc1. The van der Waals surface area contributed by atoms with Crippen LogP contribution in [0.5, 0.6) is 0 Å². The lowest BCUT2D eigenvalue weighted by Crippen LogP contribution is -2.28. The molecule has 3 N–H and O–H groups in total. The first-order valence-electron chi connectivity index (χ1n) is 10.8. The molecule has 0 saturated carbocycles. The average Bonchev–Trinajstić information content (AvgIpc) is 3.13. The van der Waals surface area contributed by atoms with Crippen LogP contribution in [0.15, 0.2) is 54.9 Å². The number of carbonyl (C=O) groups is 1. The molecule has 12 heteroatoms. The van der Waals surface area contributed by atoms with Gasteiger partial charge in [0.1, 0.15) is 6.33 Å². The minimum Gasteiger partial charge on any atom is -0.369 e. The first-order chi connectivity index (χ1) is 16.9. The van der Waals surface area contributed by atoms with E-state index in [9.17, 15) is 26.7 Å². The predicted molar refractivity (Wildman–Crippen MR) is 120 cm³/mol. The maximum atomic E-state index is 15.3. The van der Waals surface area contributed by atoms with E-state index in [0.29, 0.717) is 5.56 Å². The number of alkyl halides is 5. The van der Waals surface area contributed by atoms with Crippen molar-refractivity contribution in [2.24, 2.45) is 5.73 Å². The van der Waals surface area contributed by atoms with Crippen LogP contribution in [0, 0.1) is 5.82 Å². The fraction of sp³-hybridized carbons (Fsp3) is 0.292. The molecule has 0 bridgehead atoms. The van der Waals surface area contributed by atoms with Gasteiger partial charge in [-0.25, -0.2) is 18.7 Å². The van der Waals surface area contributed by atoms with Crippen molar-refractivity contribution < 1.29 is 31.1 Å². The first-order valence-corrected chi connectivity index (χ1v) is 10.8. The summed E-state index contributed by atoms with van der Waals surface area (Å²) in [6, 6.07) is 9.58. The number of hydrogen-bond donors (Lipinski definition) is 2. The van der Waals surface area contributed by atoms with Crippen molar-refractivity contribution in [3.63, 3.8) is 0 Å². The zero-order valence-electron chi connectivity index (χ0n) is 18.7. The third-order valence-corrected chi connectivity index (χ3v) is 5.80. The van der Waals surface area contributed by atoms with Gasteiger partial charge in [-0.05, 0) is 28.8 Å². The van der Waals surface area contributed by atoms with Crippen LogP contribution in [0.3, 0.4) is 0 Å². The van der Waals surface area contributed by atoms with Crippen LogP contribution in [0.25, 0.3) is 0 Å². The largest absolute Gasteiger partial charge is 0.416 e. The van der Waals surface area contributed by atoms with Gasteiger partial charge in [-0.3, -0.25) is 4.79 Å². The molecular formula is C24H21F6N5O. The molecule has 2 heterocycles. The Morgan fingerprint density at radius 2 is 1.69 bits per heavy atom. The third-order valence-electron chi connectivity index (χ3n) is 5.80. The maximum Gasteiger partial charge on any atom is 0.416 e. The highest BCUT2D eigenvalue weighted by Crippen LogP contribution is 2.44. The lowest BCUT2D eigenvalue weighted by atomic mass is 10.0. The first kappa shape index (κ1) is 25.3. The maximum absolute atomic E-state index is 15.3. The molecule has 1 aromatic heterocycles. The Labute approximate surface area is 202 Å². The second-order valence-corrected chi connectivity index (χ2v) is 8.50. The molecule has 1 aliphatic rings. The molecule has 0 spiro atoms. The number of amides is 1. The molecule has 1 fully saturated rings. The zero-order valence-corrected chi connectivity index (χ0v) is 18.7. The number of anilines is 2. The van der Waals surface area contributed by atoms with E-state index in [0.717, 1.165) is 41.1 Å². The van der Waals surface area contributed by atoms with Gasteiger partial charge in [-0.2, -0.15) is 17.6 Å². The standard InChI is InChI=1S/C24H21F6N5O/c25-20-21(32-11-15-3-1-14(2-4-15)9-19(31)36)33-13-34-22(20)35-12-23(26,27)10-18(35)16-5-7-17(8-6-16)24(28,29)30/h1-8,13,18H,9-12H2,(H2,31,36)(H,32,33,34). The Kier molecular flexibility index (Phi) is 6.79. The second kappa shape index (κ2) is 9.67. The topological polar surface area (TPSA) is 84.1 Å². The Balaban J connectivity index is 1.55. The molecule has 36 heavy (non-hydrogen) atoms.